The third-order valence-corrected chi connectivity index (χ3v) is 2.68. The van der Waals surface area contributed by atoms with Crippen molar-refractivity contribution in [3.8, 4) is 0 Å². The molecule has 72 valence electrons. The fourth-order valence-corrected chi connectivity index (χ4v) is 1.97. The maximum Gasteiger partial charge on any atom is 0.213 e. The van der Waals surface area contributed by atoms with Crippen molar-refractivity contribution in [2.24, 2.45) is 0 Å². The van der Waals surface area contributed by atoms with E-state index in [0.717, 1.165) is 25.3 Å². The highest BCUT2D eigenvalue weighted by molar-refractivity contribution is 7.71. The molecule has 0 saturated carbocycles. The summed E-state index contributed by atoms with van der Waals surface area (Å²) in [4.78, 5) is 4.21. The van der Waals surface area contributed by atoms with Gasteiger partial charge in [-0.15, -0.1) is 0 Å². The monoisotopic (exact) mass is 199 g/mol. The molecule has 4 nitrogen and oxygen atoms in total. The third kappa shape index (κ3) is 1.66. The molecule has 1 aliphatic heterocycles. The molecule has 0 aliphatic carbocycles. The van der Waals surface area contributed by atoms with Gasteiger partial charge in [0, 0.05) is 12.5 Å². The summed E-state index contributed by atoms with van der Waals surface area (Å²) < 4.78 is 6.10. The van der Waals surface area contributed by atoms with Crippen LogP contribution in [0.1, 0.15) is 31.5 Å². The van der Waals surface area contributed by atoms with Crippen LogP contribution in [0.4, 0.5) is 0 Å². The molecule has 1 fully saturated rings. The molecule has 2 N–H and O–H groups in total. The molecule has 2 heterocycles. The maximum atomic E-state index is 5.57. The number of aromatic nitrogens is 3. The zero-order chi connectivity index (χ0) is 9.26. The average Bonchev–Trinajstić information content (AvgIpc) is 2.71. The smallest absolute Gasteiger partial charge is 0.213 e. The van der Waals surface area contributed by atoms with Gasteiger partial charge in [-0.25, -0.2) is 4.98 Å². The summed E-state index contributed by atoms with van der Waals surface area (Å²) in [5.74, 6) is 1.33. The van der Waals surface area contributed by atoms with Gasteiger partial charge < -0.3 is 4.74 Å². The second kappa shape index (κ2) is 3.59. The molecule has 0 spiro atoms. The molecular formula is C8H13N3OS. The third-order valence-electron chi connectivity index (χ3n) is 2.48. The van der Waals surface area contributed by atoms with Crippen molar-refractivity contribution in [1.29, 1.82) is 0 Å². The van der Waals surface area contributed by atoms with Gasteiger partial charge in [-0.1, -0.05) is 6.92 Å². The van der Waals surface area contributed by atoms with E-state index in [-0.39, 0.29) is 0 Å². The normalized spacial score (nSPS) is 28.1. The molecule has 1 aromatic rings. The molecule has 0 bridgehead atoms. The van der Waals surface area contributed by atoms with E-state index in [1.807, 2.05) is 0 Å². The number of hydrogen-bond acceptors (Lipinski definition) is 3. The fourth-order valence-electron chi connectivity index (χ4n) is 1.82. The first-order valence-corrected chi connectivity index (χ1v) is 4.98. The van der Waals surface area contributed by atoms with E-state index < -0.39 is 0 Å². The van der Waals surface area contributed by atoms with Crippen LogP contribution in [-0.4, -0.2) is 27.9 Å². The summed E-state index contributed by atoms with van der Waals surface area (Å²) >= 11 is 4.90. The van der Waals surface area contributed by atoms with Crippen molar-refractivity contribution in [2.75, 3.05) is 6.61 Å². The standard InChI is InChI=1S/C8H13N3OS/c1-2-6-5(3-4-12-6)7-9-8(13)11-10-7/h5-6H,2-4H2,1H3,(H2,9,10,11,13). The van der Waals surface area contributed by atoms with Crippen molar-refractivity contribution in [3.63, 3.8) is 0 Å². The first-order valence-electron chi connectivity index (χ1n) is 4.57. The Morgan fingerprint density at radius 2 is 2.46 bits per heavy atom. The minimum atomic E-state index is 0.300. The van der Waals surface area contributed by atoms with Gasteiger partial charge in [0.15, 0.2) is 0 Å². The van der Waals surface area contributed by atoms with Crippen LogP contribution < -0.4 is 0 Å². The minimum Gasteiger partial charge on any atom is -0.377 e. The van der Waals surface area contributed by atoms with Gasteiger partial charge in [-0.3, -0.25) is 10.2 Å². The van der Waals surface area contributed by atoms with Crippen LogP contribution in [-0.2, 0) is 4.74 Å². The Morgan fingerprint density at radius 1 is 1.62 bits per heavy atom. The molecule has 0 radical (unpaired) electrons. The number of hydrogen-bond donors (Lipinski definition) is 2. The molecule has 0 aromatic carbocycles. The van der Waals surface area contributed by atoms with Crippen LogP contribution in [0.2, 0.25) is 0 Å². The van der Waals surface area contributed by atoms with Crippen molar-refractivity contribution < 1.29 is 4.74 Å². The molecule has 13 heavy (non-hydrogen) atoms. The molecule has 5 heteroatoms. The van der Waals surface area contributed by atoms with Gasteiger partial charge >= 0.3 is 0 Å². The van der Waals surface area contributed by atoms with E-state index in [4.69, 9.17) is 17.0 Å². The number of aromatic amines is 2. The zero-order valence-electron chi connectivity index (χ0n) is 7.54. The SMILES string of the molecule is CCC1OCCC1c1nc(=S)[nH][nH]1. The van der Waals surface area contributed by atoms with E-state index in [1.165, 1.54) is 0 Å². The molecular weight excluding hydrogens is 186 g/mol. The highest BCUT2D eigenvalue weighted by Gasteiger charge is 2.30. The Balaban J connectivity index is 2.20. The van der Waals surface area contributed by atoms with Crippen LogP contribution in [0.5, 0.6) is 0 Å². The van der Waals surface area contributed by atoms with E-state index in [1.54, 1.807) is 0 Å². The molecule has 1 saturated heterocycles. The average molecular weight is 199 g/mol. The number of nitrogens with one attached hydrogen (secondary N) is 2. The lowest BCUT2D eigenvalue weighted by atomic mass is 9.99. The number of ether oxygens (including phenoxy) is 1. The summed E-state index contributed by atoms with van der Waals surface area (Å²) in [5.41, 5.74) is 0. The highest BCUT2D eigenvalue weighted by Crippen LogP contribution is 2.30. The summed E-state index contributed by atoms with van der Waals surface area (Å²) in [7, 11) is 0. The van der Waals surface area contributed by atoms with E-state index in [2.05, 4.69) is 22.1 Å². The molecule has 0 amide bonds. The molecule has 2 unspecified atom stereocenters. The van der Waals surface area contributed by atoms with Crippen molar-refractivity contribution in [3.05, 3.63) is 10.6 Å². The van der Waals surface area contributed by atoms with E-state index in [0.29, 0.717) is 16.8 Å². The molecule has 1 aliphatic rings. The zero-order valence-corrected chi connectivity index (χ0v) is 8.36. The number of rotatable bonds is 2. The van der Waals surface area contributed by atoms with Gasteiger partial charge in [-0.2, -0.15) is 0 Å². The summed E-state index contributed by atoms with van der Waals surface area (Å²) in [6.07, 6.45) is 2.36. The molecule has 2 rings (SSSR count). The van der Waals surface area contributed by atoms with Crippen LogP contribution in [0.15, 0.2) is 0 Å². The van der Waals surface area contributed by atoms with Gasteiger partial charge in [0.1, 0.15) is 5.82 Å². The largest absolute Gasteiger partial charge is 0.377 e. The van der Waals surface area contributed by atoms with Gasteiger partial charge in [0.25, 0.3) is 0 Å². The topological polar surface area (TPSA) is 53.7 Å². The first kappa shape index (κ1) is 8.90. The van der Waals surface area contributed by atoms with Crippen molar-refractivity contribution in [1.82, 2.24) is 15.2 Å². The quantitative estimate of drug-likeness (QED) is 0.713. The second-order valence-corrected chi connectivity index (χ2v) is 3.65. The van der Waals surface area contributed by atoms with Crippen LogP contribution in [0.3, 0.4) is 0 Å². The van der Waals surface area contributed by atoms with E-state index in [9.17, 15) is 0 Å². The van der Waals surface area contributed by atoms with Crippen LogP contribution in [0.25, 0.3) is 0 Å². The predicted molar refractivity (Wildman–Crippen MR) is 51.2 cm³/mol. The lowest BCUT2D eigenvalue weighted by molar-refractivity contribution is 0.0994. The summed E-state index contributed by atoms with van der Waals surface area (Å²) in [6, 6.07) is 0. The lowest BCUT2D eigenvalue weighted by Crippen LogP contribution is -2.14. The van der Waals surface area contributed by atoms with Gasteiger partial charge in [0.2, 0.25) is 4.77 Å². The Hall–Kier alpha value is -0.680. The Morgan fingerprint density at radius 3 is 3.08 bits per heavy atom. The highest BCUT2D eigenvalue weighted by atomic mass is 32.1. The van der Waals surface area contributed by atoms with Crippen LogP contribution in [0, 0.1) is 4.77 Å². The Kier molecular flexibility index (Phi) is 2.46. The molecule has 1 aromatic heterocycles. The number of nitrogens with zero attached hydrogens (tertiary/aromatic N) is 1. The second-order valence-electron chi connectivity index (χ2n) is 3.26. The summed E-state index contributed by atoms with van der Waals surface area (Å²) in [6.45, 7) is 2.96. The first-order chi connectivity index (χ1) is 6.31. The van der Waals surface area contributed by atoms with Crippen molar-refractivity contribution >= 4 is 12.2 Å². The Bertz CT molecular complexity index is 332. The fraction of sp³-hybridized carbons (Fsp3) is 0.750. The predicted octanol–water partition coefficient (Wildman–Crippen LogP) is 1.75. The lowest BCUT2D eigenvalue weighted by Gasteiger charge is -2.13. The summed E-state index contributed by atoms with van der Waals surface area (Å²) in [5, 5.41) is 5.80. The van der Waals surface area contributed by atoms with Crippen molar-refractivity contribution in [2.45, 2.75) is 31.8 Å². The van der Waals surface area contributed by atoms with Gasteiger partial charge in [-0.05, 0) is 25.1 Å². The van der Waals surface area contributed by atoms with E-state index >= 15 is 0 Å². The maximum absolute atomic E-state index is 5.57. The Labute approximate surface area is 81.7 Å². The minimum absolute atomic E-state index is 0.300. The molecule has 2 atom stereocenters. The number of H-pyrrole nitrogens is 2. The van der Waals surface area contributed by atoms with Crippen LogP contribution >= 0.6 is 12.2 Å². The van der Waals surface area contributed by atoms with Gasteiger partial charge in [0.05, 0.1) is 6.10 Å².